The third-order valence-electron chi connectivity index (χ3n) is 4.23. The number of H-pyrrole nitrogens is 1. The largest absolute Gasteiger partial charge is 0.369 e. The number of carbonyl (C=O) groups excluding carboxylic acids is 1. The third-order valence-corrected chi connectivity index (χ3v) is 4.23. The van der Waals surface area contributed by atoms with Gasteiger partial charge in [0.2, 0.25) is 0 Å². The summed E-state index contributed by atoms with van der Waals surface area (Å²) in [6.07, 6.45) is 3.30. The van der Waals surface area contributed by atoms with Crippen molar-refractivity contribution in [2.45, 2.75) is 24.9 Å². The van der Waals surface area contributed by atoms with Crippen LogP contribution in [-0.2, 0) is 4.74 Å². The van der Waals surface area contributed by atoms with Crippen molar-refractivity contribution < 1.29 is 13.9 Å². The number of anilines is 1. The molecule has 1 aliphatic heterocycles. The highest BCUT2D eigenvalue weighted by Crippen LogP contribution is 2.40. The molecule has 2 fully saturated rings. The molecule has 1 saturated heterocycles. The molecule has 3 N–H and O–H groups in total. The molecule has 7 nitrogen and oxygen atoms in total. The highest BCUT2D eigenvalue weighted by Gasteiger charge is 2.32. The van der Waals surface area contributed by atoms with Crippen molar-refractivity contribution >= 4 is 11.6 Å². The van der Waals surface area contributed by atoms with Crippen LogP contribution in [-0.4, -0.2) is 40.8 Å². The van der Waals surface area contributed by atoms with E-state index in [-0.39, 0.29) is 17.7 Å². The quantitative estimate of drug-likeness (QED) is 0.794. The van der Waals surface area contributed by atoms with E-state index in [4.69, 9.17) is 4.74 Å². The van der Waals surface area contributed by atoms with Crippen LogP contribution in [0.4, 0.5) is 10.1 Å². The van der Waals surface area contributed by atoms with Gasteiger partial charge in [-0.05, 0) is 25.0 Å². The van der Waals surface area contributed by atoms with E-state index in [1.807, 2.05) is 0 Å². The maximum Gasteiger partial charge on any atom is 0.276 e. The van der Waals surface area contributed by atoms with Gasteiger partial charge in [-0.25, -0.2) is 4.39 Å². The number of pyridine rings is 1. The summed E-state index contributed by atoms with van der Waals surface area (Å²) in [5.74, 6) is -0.967. The van der Waals surface area contributed by atoms with Crippen LogP contribution in [0.3, 0.4) is 0 Å². The average Bonchev–Trinajstić information content (AvgIpc) is 3.38. The molecule has 2 aromatic heterocycles. The number of aromatic nitrogens is 3. The summed E-state index contributed by atoms with van der Waals surface area (Å²) in [6.45, 7) is 2.19. The van der Waals surface area contributed by atoms with E-state index >= 15 is 0 Å². The first-order valence-corrected chi connectivity index (χ1v) is 8.06. The van der Waals surface area contributed by atoms with Gasteiger partial charge in [0.15, 0.2) is 11.5 Å². The van der Waals surface area contributed by atoms with Crippen LogP contribution in [0.5, 0.6) is 0 Å². The van der Waals surface area contributed by atoms with Crippen molar-refractivity contribution in [2.75, 3.05) is 25.0 Å². The maximum atomic E-state index is 14.2. The molecule has 2 aliphatic rings. The summed E-state index contributed by atoms with van der Waals surface area (Å²) in [5.41, 5.74) is 1.51. The van der Waals surface area contributed by atoms with E-state index in [0.29, 0.717) is 24.5 Å². The van der Waals surface area contributed by atoms with Crippen LogP contribution in [0.2, 0.25) is 0 Å². The molecular weight excluding hydrogens is 313 g/mol. The topological polar surface area (TPSA) is 91.9 Å². The average molecular weight is 331 g/mol. The molecule has 126 valence electrons. The molecule has 8 heteroatoms. The minimum Gasteiger partial charge on any atom is -0.369 e. The highest BCUT2D eigenvalue weighted by molar-refractivity contribution is 6.03. The smallest absolute Gasteiger partial charge is 0.276 e. The Morgan fingerprint density at radius 1 is 1.38 bits per heavy atom. The molecular formula is C16H18FN5O2. The molecule has 0 radical (unpaired) electrons. The van der Waals surface area contributed by atoms with Gasteiger partial charge in [-0.3, -0.25) is 14.9 Å². The van der Waals surface area contributed by atoms with Crippen LogP contribution in [0.15, 0.2) is 18.3 Å². The predicted molar refractivity (Wildman–Crippen MR) is 84.3 cm³/mol. The molecule has 1 unspecified atom stereocenters. The van der Waals surface area contributed by atoms with E-state index < -0.39 is 11.7 Å². The van der Waals surface area contributed by atoms with Crippen molar-refractivity contribution in [2.24, 2.45) is 0 Å². The van der Waals surface area contributed by atoms with Crippen LogP contribution in [0, 0.1) is 5.82 Å². The van der Waals surface area contributed by atoms with Crippen molar-refractivity contribution in [1.82, 2.24) is 20.5 Å². The molecule has 0 aromatic carbocycles. The van der Waals surface area contributed by atoms with E-state index in [1.165, 1.54) is 0 Å². The first kappa shape index (κ1) is 15.2. The number of nitrogens with zero attached hydrogens (tertiary/aromatic N) is 2. The van der Waals surface area contributed by atoms with Crippen molar-refractivity contribution in [3.8, 4) is 0 Å². The molecule has 4 rings (SSSR count). The van der Waals surface area contributed by atoms with E-state index in [0.717, 1.165) is 25.1 Å². The standard InChI is InChI=1S/C16H18FN5O2/c17-13-14(9-1-2-9)21-22-15(13)16(23)20-10-3-4-11(19-7-10)12-8-18-5-6-24-12/h3-4,7,9,12,18H,1-2,5-6,8H2,(H,20,23)(H,21,22). The zero-order valence-corrected chi connectivity index (χ0v) is 13.0. The second-order valence-corrected chi connectivity index (χ2v) is 6.06. The molecule has 1 atom stereocenters. The van der Waals surface area contributed by atoms with Crippen molar-refractivity contribution in [3.63, 3.8) is 0 Å². The van der Waals surface area contributed by atoms with Crippen LogP contribution in [0.1, 0.15) is 46.7 Å². The summed E-state index contributed by atoms with van der Waals surface area (Å²) in [6, 6.07) is 3.53. The van der Waals surface area contributed by atoms with Crippen molar-refractivity contribution in [1.29, 1.82) is 0 Å². The van der Waals surface area contributed by atoms with E-state index in [9.17, 15) is 9.18 Å². The molecule has 2 aromatic rings. The monoisotopic (exact) mass is 331 g/mol. The minimum absolute atomic E-state index is 0.0883. The summed E-state index contributed by atoms with van der Waals surface area (Å²) in [7, 11) is 0. The Morgan fingerprint density at radius 2 is 2.25 bits per heavy atom. The van der Waals surface area contributed by atoms with E-state index in [1.54, 1.807) is 18.3 Å². The first-order valence-electron chi connectivity index (χ1n) is 8.06. The Hall–Kier alpha value is -2.32. The Labute approximate surface area is 138 Å². The van der Waals surface area contributed by atoms with E-state index in [2.05, 4.69) is 25.8 Å². The number of aromatic amines is 1. The van der Waals surface area contributed by atoms with Gasteiger partial charge in [0.25, 0.3) is 5.91 Å². The second kappa shape index (κ2) is 6.29. The summed E-state index contributed by atoms with van der Waals surface area (Å²) < 4.78 is 19.8. The SMILES string of the molecule is O=C(Nc1ccc(C2CNCCO2)nc1)c1[nH]nc(C2CC2)c1F. The lowest BCUT2D eigenvalue weighted by molar-refractivity contribution is 0.0250. The van der Waals surface area contributed by atoms with Gasteiger partial charge in [-0.1, -0.05) is 0 Å². The summed E-state index contributed by atoms with van der Waals surface area (Å²) in [5, 5.41) is 12.3. The van der Waals surface area contributed by atoms with Gasteiger partial charge >= 0.3 is 0 Å². The zero-order chi connectivity index (χ0) is 16.5. The number of morpholine rings is 1. The minimum atomic E-state index is -0.558. The van der Waals surface area contributed by atoms with Gasteiger partial charge in [0, 0.05) is 19.0 Å². The molecule has 1 aliphatic carbocycles. The fourth-order valence-corrected chi connectivity index (χ4v) is 2.74. The number of rotatable bonds is 4. The van der Waals surface area contributed by atoms with Crippen molar-refractivity contribution in [3.05, 3.63) is 41.2 Å². The second-order valence-electron chi connectivity index (χ2n) is 6.06. The molecule has 0 bridgehead atoms. The van der Waals surface area contributed by atoms with Crippen LogP contribution >= 0.6 is 0 Å². The number of hydrogen-bond donors (Lipinski definition) is 3. The number of amides is 1. The first-order chi connectivity index (χ1) is 11.7. The molecule has 3 heterocycles. The number of nitrogens with one attached hydrogen (secondary N) is 3. The van der Waals surface area contributed by atoms with Gasteiger partial charge in [-0.2, -0.15) is 5.10 Å². The lowest BCUT2D eigenvalue weighted by Gasteiger charge is -2.23. The van der Waals surface area contributed by atoms with Gasteiger partial charge in [0.05, 0.1) is 24.2 Å². The lowest BCUT2D eigenvalue weighted by atomic mass is 10.2. The number of hydrogen-bond acceptors (Lipinski definition) is 5. The fourth-order valence-electron chi connectivity index (χ4n) is 2.74. The number of halogens is 1. The molecule has 1 amide bonds. The van der Waals surface area contributed by atoms with Crippen LogP contribution < -0.4 is 10.6 Å². The Bertz CT molecular complexity index is 735. The maximum absolute atomic E-state index is 14.2. The summed E-state index contributed by atoms with van der Waals surface area (Å²) >= 11 is 0. The van der Waals surface area contributed by atoms with Crippen LogP contribution in [0.25, 0.3) is 0 Å². The van der Waals surface area contributed by atoms with Gasteiger partial charge < -0.3 is 15.4 Å². The molecule has 0 spiro atoms. The Kier molecular flexibility index (Phi) is 3.99. The molecule has 1 saturated carbocycles. The number of ether oxygens (including phenoxy) is 1. The lowest BCUT2D eigenvalue weighted by Crippen LogP contribution is -2.33. The Morgan fingerprint density at radius 3 is 2.92 bits per heavy atom. The van der Waals surface area contributed by atoms with Gasteiger partial charge in [-0.15, -0.1) is 0 Å². The zero-order valence-electron chi connectivity index (χ0n) is 13.0. The normalized spacial score (nSPS) is 20.8. The fraction of sp³-hybridized carbons (Fsp3) is 0.438. The molecule has 24 heavy (non-hydrogen) atoms. The predicted octanol–water partition coefficient (Wildman–Crippen LogP) is 1.73. The third kappa shape index (κ3) is 3.02. The number of carbonyl (C=O) groups is 1. The highest BCUT2D eigenvalue weighted by atomic mass is 19.1. The summed E-state index contributed by atoms with van der Waals surface area (Å²) in [4.78, 5) is 16.5. The van der Waals surface area contributed by atoms with Gasteiger partial charge in [0.1, 0.15) is 11.8 Å². The Balaban J connectivity index is 1.43.